The molecular formula is C15H23N3O6S. The molecule has 0 unspecified atom stereocenters. The molecule has 140 valence electrons. The molecule has 0 saturated carbocycles. The molecule has 1 saturated heterocycles. The largest absolute Gasteiger partial charge is 0.478 e. The molecule has 0 amide bonds. The van der Waals surface area contributed by atoms with Crippen molar-refractivity contribution in [2.75, 3.05) is 25.1 Å². The van der Waals surface area contributed by atoms with Crippen LogP contribution < -0.4 is 5.43 Å². The number of benzene rings is 1. The van der Waals surface area contributed by atoms with Gasteiger partial charge in [-0.15, -0.1) is 0 Å². The maximum Gasteiger partial charge on any atom is 0.394 e. The van der Waals surface area contributed by atoms with E-state index in [2.05, 4.69) is 22.4 Å². The highest BCUT2D eigenvalue weighted by molar-refractivity contribution is 7.79. The lowest BCUT2D eigenvalue weighted by molar-refractivity contribution is 0.0697. The highest BCUT2D eigenvalue weighted by Gasteiger charge is 2.13. The van der Waals surface area contributed by atoms with Gasteiger partial charge in [-0.1, -0.05) is 6.92 Å². The summed E-state index contributed by atoms with van der Waals surface area (Å²) in [7, 11) is -4.67. The van der Waals surface area contributed by atoms with Crippen LogP contribution in [0.15, 0.2) is 29.4 Å². The third-order valence-corrected chi connectivity index (χ3v) is 3.45. The number of carboxylic acids is 1. The number of nitrogens with zero attached hydrogens (tertiary/aromatic N) is 2. The highest BCUT2D eigenvalue weighted by Crippen LogP contribution is 2.12. The number of carbonyl (C=O) groups is 1. The molecule has 25 heavy (non-hydrogen) atoms. The van der Waals surface area contributed by atoms with E-state index < -0.39 is 16.4 Å². The van der Waals surface area contributed by atoms with Gasteiger partial charge in [0.1, 0.15) is 0 Å². The van der Waals surface area contributed by atoms with Crippen molar-refractivity contribution < 1.29 is 27.4 Å². The van der Waals surface area contributed by atoms with Crippen molar-refractivity contribution in [2.24, 2.45) is 5.10 Å². The molecule has 4 N–H and O–H groups in total. The first-order valence-electron chi connectivity index (χ1n) is 7.76. The van der Waals surface area contributed by atoms with Gasteiger partial charge in [0.25, 0.3) is 0 Å². The van der Waals surface area contributed by atoms with Crippen molar-refractivity contribution in [3.63, 3.8) is 0 Å². The average molecular weight is 373 g/mol. The van der Waals surface area contributed by atoms with E-state index in [1.807, 2.05) is 0 Å². The van der Waals surface area contributed by atoms with Crippen molar-refractivity contribution in [3.8, 4) is 0 Å². The number of likely N-dealkylation sites (tertiary alicyclic amines) is 1. The van der Waals surface area contributed by atoms with E-state index in [1.165, 1.54) is 12.1 Å². The predicted octanol–water partition coefficient (Wildman–Crippen LogP) is 2.01. The summed E-state index contributed by atoms with van der Waals surface area (Å²) in [4.78, 5) is 13.2. The number of nitrogens with one attached hydrogen (secondary N) is 1. The van der Waals surface area contributed by atoms with Crippen LogP contribution in [0, 0.1) is 0 Å². The van der Waals surface area contributed by atoms with E-state index in [4.69, 9.17) is 22.6 Å². The van der Waals surface area contributed by atoms with Crippen LogP contribution in [0.25, 0.3) is 0 Å². The summed E-state index contributed by atoms with van der Waals surface area (Å²) in [5.74, 6) is -0.911. The predicted molar refractivity (Wildman–Crippen MR) is 94.6 cm³/mol. The summed E-state index contributed by atoms with van der Waals surface area (Å²) >= 11 is 0. The first kappa shape index (κ1) is 21.0. The van der Waals surface area contributed by atoms with Gasteiger partial charge < -0.3 is 10.0 Å². The van der Waals surface area contributed by atoms with Crippen LogP contribution in [-0.4, -0.2) is 58.8 Å². The van der Waals surface area contributed by atoms with Crippen molar-refractivity contribution in [1.29, 1.82) is 0 Å². The van der Waals surface area contributed by atoms with E-state index in [0.717, 1.165) is 38.2 Å². The van der Waals surface area contributed by atoms with Crippen LogP contribution >= 0.6 is 0 Å². The third kappa shape index (κ3) is 9.77. The summed E-state index contributed by atoms with van der Waals surface area (Å²) in [6, 6.07) is 6.63. The Morgan fingerprint density at radius 1 is 1.20 bits per heavy atom. The number of rotatable bonds is 5. The van der Waals surface area contributed by atoms with Crippen LogP contribution in [0.1, 0.15) is 36.5 Å². The Labute approximate surface area is 146 Å². The fourth-order valence-electron chi connectivity index (χ4n) is 2.29. The zero-order chi connectivity index (χ0) is 18.9. The van der Waals surface area contributed by atoms with E-state index in [-0.39, 0.29) is 5.56 Å². The Bertz CT molecular complexity index is 670. The van der Waals surface area contributed by atoms with E-state index >= 15 is 0 Å². The van der Waals surface area contributed by atoms with Crippen molar-refractivity contribution in [1.82, 2.24) is 4.90 Å². The van der Waals surface area contributed by atoms with Gasteiger partial charge in [-0.25, -0.2) is 4.79 Å². The Kier molecular flexibility index (Phi) is 8.49. The van der Waals surface area contributed by atoms with Gasteiger partial charge in [-0.3, -0.25) is 14.5 Å². The monoisotopic (exact) mass is 373 g/mol. The topological polar surface area (TPSA) is 140 Å². The van der Waals surface area contributed by atoms with Gasteiger partial charge in [-0.2, -0.15) is 13.5 Å². The Balaban J connectivity index is 0.000000550. The molecule has 1 heterocycles. The first-order chi connectivity index (χ1) is 11.7. The summed E-state index contributed by atoms with van der Waals surface area (Å²) in [6.07, 6.45) is 3.20. The van der Waals surface area contributed by atoms with Gasteiger partial charge >= 0.3 is 16.4 Å². The summed E-state index contributed by atoms with van der Waals surface area (Å²) in [6.45, 7) is 5.52. The molecule has 9 nitrogen and oxygen atoms in total. The maximum absolute atomic E-state index is 10.7. The minimum absolute atomic E-state index is 0.288. The van der Waals surface area contributed by atoms with Crippen LogP contribution in [0.3, 0.4) is 0 Å². The highest BCUT2D eigenvalue weighted by atomic mass is 32.3. The molecule has 0 atom stereocenters. The lowest BCUT2D eigenvalue weighted by Gasteiger charge is -2.26. The number of carboxylic acid groups (broad SMARTS) is 1. The normalized spacial score (nSPS) is 15.1. The minimum atomic E-state index is -4.67. The zero-order valence-corrected chi connectivity index (χ0v) is 14.7. The molecule has 1 aromatic carbocycles. The van der Waals surface area contributed by atoms with Crippen molar-refractivity contribution in [3.05, 3.63) is 29.8 Å². The van der Waals surface area contributed by atoms with Crippen LogP contribution in [-0.2, 0) is 10.4 Å². The molecular weight excluding hydrogens is 350 g/mol. The SMILES string of the molecule is CCCN1CCC(=NNc2ccc(C(=O)O)cc2)CC1.O=S(=O)(O)O. The summed E-state index contributed by atoms with van der Waals surface area (Å²) < 4.78 is 31.6. The number of hydrogen-bond acceptors (Lipinski definition) is 6. The van der Waals surface area contributed by atoms with E-state index in [1.54, 1.807) is 24.3 Å². The van der Waals surface area contributed by atoms with Crippen LogP contribution in [0.2, 0.25) is 0 Å². The number of piperidine rings is 1. The number of hydrogen-bond donors (Lipinski definition) is 4. The van der Waals surface area contributed by atoms with Gasteiger partial charge in [0.15, 0.2) is 0 Å². The molecule has 1 fully saturated rings. The van der Waals surface area contributed by atoms with E-state index in [0.29, 0.717) is 0 Å². The number of anilines is 1. The zero-order valence-electron chi connectivity index (χ0n) is 13.9. The second-order valence-electron chi connectivity index (χ2n) is 5.46. The number of aromatic carboxylic acids is 1. The first-order valence-corrected chi connectivity index (χ1v) is 9.15. The molecule has 1 aromatic rings. The van der Waals surface area contributed by atoms with Gasteiger partial charge in [0.05, 0.1) is 11.3 Å². The van der Waals surface area contributed by atoms with Crippen molar-refractivity contribution >= 4 is 27.8 Å². The molecule has 1 aliphatic heterocycles. The van der Waals surface area contributed by atoms with E-state index in [9.17, 15) is 4.79 Å². The molecule has 10 heteroatoms. The second-order valence-corrected chi connectivity index (χ2v) is 6.36. The smallest absolute Gasteiger partial charge is 0.394 e. The second kappa shape index (κ2) is 10.1. The minimum Gasteiger partial charge on any atom is -0.478 e. The molecule has 1 aliphatic rings. The molecule has 0 bridgehead atoms. The molecule has 0 spiro atoms. The molecule has 0 aromatic heterocycles. The Morgan fingerprint density at radius 3 is 2.16 bits per heavy atom. The summed E-state index contributed by atoms with van der Waals surface area (Å²) in [5, 5.41) is 13.2. The Morgan fingerprint density at radius 2 is 1.72 bits per heavy atom. The third-order valence-electron chi connectivity index (χ3n) is 3.45. The van der Waals surface area contributed by atoms with Crippen LogP contribution in [0.5, 0.6) is 0 Å². The van der Waals surface area contributed by atoms with Gasteiger partial charge in [0.2, 0.25) is 0 Å². The molecule has 0 aliphatic carbocycles. The lowest BCUT2D eigenvalue weighted by atomic mass is 10.1. The fraction of sp³-hybridized carbons (Fsp3) is 0.467. The Hall–Kier alpha value is -2.01. The fourth-order valence-corrected chi connectivity index (χ4v) is 2.29. The number of hydrazone groups is 1. The lowest BCUT2D eigenvalue weighted by Crippen LogP contribution is -2.34. The maximum atomic E-state index is 10.7. The molecule has 2 rings (SSSR count). The molecule has 0 radical (unpaired) electrons. The van der Waals surface area contributed by atoms with Crippen molar-refractivity contribution in [2.45, 2.75) is 26.2 Å². The van der Waals surface area contributed by atoms with Crippen LogP contribution in [0.4, 0.5) is 5.69 Å². The summed E-state index contributed by atoms with van der Waals surface area (Å²) in [5.41, 5.74) is 5.29. The van der Waals surface area contributed by atoms with Gasteiger partial charge in [0, 0.05) is 31.6 Å². The standard InChI is InChI=1S/C15H21N3O2.H2O4S/c1-2-9-18-10-7-14(8-11-18)17-16-13-5-3-12(4-6-13)15(19)20;1-5(2,3)4/h3-6,16H,2,7-11H2,1H3,(H,19,20);(H2,1,2,3,4). The quantitative estimate of drug-likeness (QED) is 0.454. The average Bonchev–Trinajstić information content (AvgIpc) is 2.53. The van der Waals surface area contributed by atoms with Gasteiger partial charge in [-0.05, 0) is 37.2 Å².